The van der Waals surface area contributed by atoms with E-state index in [0.29, 0.717) is 11.3 Å². The van der Waals surface area contributed by atoms with E-state index < -0.39 is 0 Å². The summed E-state index contributed by atoms with van der Waals surface area (Å²) in [6, 6.07) is 18.3. The van der Waals surface area contributed by atoms with Gasteiger partial charge in [0, 0.05) is 44.4 Å². The number of ether oxygens (including phenoxy) is 1. The lowest BCUT2D eigenvalue weighted by Gasteiger charge is -2.39. The van der Waals surface area contributed by atoms with E-state index in [4.69, 9.17) is 4.74 Å². The number of piperazine rings is 1. The van der Waals surface area contributed by atoms with Gasteiger partial charge in [-0.05, 0) is 52.4 Å². The third-order valence-electron chi connectivity index (χ3n) is 8.08. The summed E-state index contributed by atoms with van der Waals surface area (Å²) >= 11 is 0. The second-order valence-corrected chi connectivity index (χ2v) is 10.5. The van der Waals surface area contributed by atoms with Crippen LogP contribution in [0.1, 0.15) is 61.1 Å². The first kappa shape index (κ1) is 24.8. The molecule has 1 aliphatic carbocycles. The van der Waals surface area contributed by atoms with E-state index in [-0.39, 0.29) is 17.6 Å². The molecular weight excluding hydrogens is 478 g/mol. The highest BCUT2D eigenvalue weighted by atomic mass is 16.5. The highest BCUT2D eigenvalue weighted by molar-refractivity contribution is 5.80. The highest BCUT2D eigenvalue weighted by Crippen LogP contribution is 2.33. The van der Waals surface area contributed by atoms with Crippen molar-refractivity contribution in [2.45, 2.75) is 50.7 Å². The van der Waals surface area contributed by atoms with Crippen molar-refractivity contribution < 1.29 is 4.74 Å². The molecule has 3 heterocycles. The summed E-state index contributed by atoms with van der Waals surface area (Å²) in [5.41, 5.74) is 2.66. The number of nitrogens with one attached hydrogen (secondary N) is 1. The van der Waals surface area contributed by atoms with Crippen LogP contribution in [0.3, 0.4) is 0 Å². The maximum atomic E-state index is 13.6. The zero-order chi connectivity index (χ0) is 25.9. The van der Waals surface area contributed by atoms with Gasteiger partial charge in [0.25, 0.3) is 5.56 Å². The van der Waals surface area contributed by atoms with Crippen molar-refractivity contribution in [3.8, 4) is 5.75 Å². The smallest absolute Gasteiger partial charge is 0.253 e. The van der Waals surface area contributed by atoms with E-state index in [1.165, 1.54) is 24.8 Å². The first-order valence-corrected chi connectivity index (χ1v) is 13.7. The molecular formula is C29H35N7O2. The molecule has 2 aliphatic rings. The number of nitrogens with zero attached hydrogens (tertiary/aromatic N) is 6. The Morgan fingerprint density at radius 2 is 1.79 bits per heavy atom. The van der Waals surface area contributed by atoms with Gasteiger partial charge in [-0.1, -0.05) is 49.6 Å². The monoisotopic (exact) mass is 513 g/mol. The Kier molecular flexibility index (Phi) is 7.20. The summed E-state index contributed by atoms with van der Waals surface area (Å²) < 4.78 is 7.38. The summed E-state index contributed by atoms with van der Waals surface area (Å²) in [6.07, 6.45) is 5.78. The quantitative estimate of drug-likeness (QED) is 0.400. The summed E-state index contributed by atoms with van der Waals surface area (Å²) in [7, 11) is 1.63. The van der Waals surface area contributed by atoms with Gasteiger partial charge in [-0.25, -0.2) is 4.68 Å². The number of rotatable bonds is 7. The number of aromatic amines is 1. The molecule has 1 atom stereocenters. The molecule has 1 N–H and O–H groups in total. The Balaban J connectivity index is 1.34. The number of H-pyrrole nitrogens is 1. The van der Waals surface area contributed by atoms with Gasteiger partial charge in [0.2, 0.25) is 0 Å². The molecule has 0 bridgehead atoms. The number of methoxy groups -OCH3 is 1. The molecule has 9 nitrogen and oxygen atoms in total. The van der Waals surface area contributed by atoms with E-state index >= 15 is 0 Å². The predicted molar refractivity (Wildman–Crippen MR) is 146 cm³/mol. The maximum absolute atomic E-state index is 13.6. The standard InChI is InChI=1S/C29H35N7O2/c1-38-24-13-12-22-18-25(29(37)30-26(22)19-24)27(28-31-32-33-36(28)23-10-6-3-7-11-23)35-16-14-34(15-17-35)20-21-8-4-2-5-9-21/h2,4-5,8-9,12-13,18-19,23,27H,3,6-7,10-11,14-17,20H2,1H3,(H,30,37). The summed E-state index contributed by atoms with van der Waals surface area (Å²) in [5, 5.41) is 14.1. The first-order valence-electron chi connectivity index (χ1n) is 13.7. The fraction of sp³-hybridized carbons (Fsp3) is 0.448. The molecule has 1 saturated heterocycles. The molecule has 2 fully saturated rings. The average molecular weight is 514 g/mol. The molecule has 1 aliphatic heterocycles. The van der Waals surface area contributed by atoms with Crippen LogP contribution in [0.25, 0.3) is 10.9 Å². The Hall–Kier alpha value is -3.56. The van der Waals surface area contributed by atoms with Crippen molar-refractivity contribution in [1.82, 2.24) is 35.0 Å². The predicted octanol–water partition coefficient (Wildman–Crippen LogP) is 3.94. The van der Waals surface area contributed by atoms with Crippen LogP contribution in [0.2, 0.25) is 0 Å². The number of aromatic nitrogens is 5. The van der Waals surface area contributed by atoms with Gasteiger partial charge < -0.3 is 9.72 Å². The van der Waals surface area contributed by atoms with Crippen LogP contribution in [0.15, 0.2) is 59.4 Å². The lowest BCUT2D eigenvalue weighted by atomic mass is 9.95. The number of benzene rings is 2. The van der Waals surface area contributed by atoms with Gasteiger partial charge in [0.05, 0.1) is 18.7 Å². The van der Waals surface area contributed by atoms with Crippen molar-refractivity contribution in [3.05, 3.63) is 81.9 Å². The van der Waals surface area contributed by atoms with Crippen LogP contribution < -0.4 is 10.3 Å². The fourth-order valence-electron chi connectivity index (χ4n) is 6.01. The molecule has 6 rings (SSSR count). The SMILES string of the molecule is COc1ccc2cc(C(c3nnnn3C3CCCCC3)N3CCN(Cc4ccccc4)CC3)c(=O)[nH]c2c1. The Morgan fingerprint density at radius 1 is 1.00 bits per heavy atom. The van der Waals surface area contributed by atoms with Crippen LogP contribution in [-0.2, 0) is 6.54 Å². The van der Waals surface area contributed by atoms with Gasteiger partial charge in [-0.3, -0.25) is 14.6 Å². The Morgan fingerprint density at radius 3 is 2.55 bits per heavy atom. The van der Waals surface area contributed by atoms with Crippen LogP contribution in [-0.4, -0.2) is 68.3 Å². The molecule has 0 amide bonds. The molecule has 4 aromatic rings. The van der Waals surface area contributed by atoms with Gasteiger partial charge in [0.15, 0.2) is 5.82 Å². The van der Waals surface area contributed by atoms with E-state index in [1.54, 1.807) is 7.11 Å². The van der Waals surface area contributed by atoms with Gasteiger partial charge in [-0.2, -0.15) is 0 Å². The second-order valence-electron chi connectivity index (χ2n) is 10.5. The van der Waals surface area contributed by atoms with Crippen molar-refractivity contribution in [2.75, 3.05) is 33.3 Å². The lowest BCUT2D eigenvalue weighted by molar-refractivity contribution is 0.0982. The molecule has 198 valence electrons. The third-order valence-corrected chi connectivity index (χ3v) is 8.08. The van der Waals surface area contributed by atoms with E-state index in [9.17, 15) is 4.79 Å². The highest BCUT2D eigenvalue weighted by Gasteiger charge is 2.34. The largest absolute Gasteiger partial charge is 0.497 e. The first-order chi connectivity index (χ1) is 18.7. The minimum atomic E-state index is -0.318. The van der Waals surface area contributed by atoms with Crippen LogP contribution in [0, 0.1) is 0 Å². The summed E-state index contributed by atoms with van der Waals surface area (Å²) in [4.78, 5) is 21.6. The van der Waals surface area contributed by atoms with Crippen LogP contribution in [0.5, 0.6) is 5.75 Å². The van der Waals surface area contributed by atoms with E-state index in [1.807, 2.05) is 28.9 Å². The lowest BCUT2D eigenvalue weighted by Crippen LogP contribution is -2.48. The number of hydrogen-bond acceptors (Lipinski definition) is 7. The number of tetrazole rings is 1. The molecule has 1 unspecified atom stereocenters. The Bertz CT molecular complexity index is 1420. The topological polar surface area (TPSA) is 92.2 Å². The molecule has 38 heavy (non-hydrogen) atoms. The minimum Gasteiger partial charge on any atom is -0.497 e. The zero-order valence-corrected chi connectivity index (χ0v) is 21.9. The molecule has 0 spiro atoms. The van der Waals surface area contributed by atoms with Gasteiger partial charge >= 0.3 is 0 Å². The van der Waals surface area contributed by atoms with E-state index in [2.05, 4.69) is 60.6 Å². The summed E-state index contributed by atoms with van der Waals surface area (Å²) in [5.74, 6) is 1.49. The third kappa shape index (κ3) is 5.08. The fourth-order valence-corrected chi connectivity index (χ4v) is 6.01. The van der Waals surface area contributed by atoms with Crippen molar-refractivity contribution >= 4 is 10.9 Å². The second kappa shape index (κ2) is 11.0. The Labute approximate surface area is 222 Å². The van der Waals surface area contributed by atoms with Crippen molar-refractivity contribution in [2.24, 2.45) is 0 Å². The molecule has 2 aromatic carbocycles. The zero-order valence-electron chi connectivity index (χ0n) is 21.9. The molecule has 0 radical (unpaired) electrons. The molecule has 2 aromatic heterocycles. The maximum Gasteiger partial charge on any atom is 0.253 e. The number of hydrogen-bond donors (Lipinski definition) is 1. The van der Waals surface area contributed by atoms with Crippen molar-refractivity contribution in [3.63, 3.8) is 0 Å². The van der Waals surface area contributed by atoms with Crippen LogP contribution in [0.4, 0.5) is 0 Å². The minimum absolute atomic E-state index is 0.110. The summed E-state index contributed by atoms with van der Waals surface area (Å²) in [6.45, 7) is 4.42. The van der Waals surface area contributed by atoms with Gasteiger partial charge in [-0.15, -0.1) is 5.10 Å². The van der Waals surface area contributed by atoms with Crippen LogP contribution >= 0.6 is 0 Å². The molecule has 9 heteroatoms. The van der Waals surface area contributed by atoms with Crippen molar-refractivity contribution in [1.29, 1.82) is 0 Å². The average Bonchev–Trinajstić information content (AvgIpc) is 3.44. The number of fused-ring (bicyclic) bond motifs is 1. The molecule has 1 saturated carbocycles. The van der Waals surface area contributed by atoms with E-state index in [0.717, 1.165) is 62.3 Å². The number of pyridine rings is 1. The normalized spacial score (nSPS) is 18.6. The van der Waals surface area contributed by atoms with Gasteiger partial charge in [0.1, 0.15) is 11.8 Å².